The molecule has 0 bridgehead atoms. The quantitative estimate of drug-likeness (QED) is 0.797. The number of pyridine rings is 2. The maximum Gasteiger partial charge on any atom is 0.235 e. The first kappa shape index (κ1) is 12.9. The van der Waals surface area contributed by atoms with E-state index in [4.69, 9.17) is 23.2 Å². The molecule has 0 amide bonds. The van der Waals surface area contributed by atoms with Crippen LogP contribution in [0.4, 0.5) is 8.78 Å². The lowest BCUT2D eigenvalue weighted by molar-refractivity contribution is 0.102. The highest BCUT2D eigenvalue weighted by atomic mass is 35.5. The summed E-state index contributed by atoms with van der Waals surface area (Å²) in [7, 11) is 0. The molecule has 0 fully saturated rings. The molecule has 0 saturated heterocycles. The van der Waals surface area contributed by atoms with Crippen molar-refractivity contribution in [3.63, 3.8) is 0 Å². The number of hydrogen-bond donors (Lipinski definition) is 0. The molecule has 3 nitrogen and oxygen atoms in total. The Labute approximate surface area is 110 Å². The Kier molecular flexibility index (Phi) is 3.54. The topological polar surface area (TPSA) is 42.9 Å². The second-order valence-electron chi connectivity index (χ2n) is 3.30. The van der Waals surface area contributed by atoms with E-state index in [-0.39, 0.29) is 10.0 Å². The van der Waals surface area contributed by atoms with Crippen molar-refractivity contribution in [3.8, 4) is 0 Å². The van der Waals surface area contributed by atoms with Gasteiger partial charge in [-0.2, -0.15) is 0 Å². The summed E-state index contributed by atoms with van der Waals surface area (Å²) >= 11 is 11.0. The van der Waals surface area contributed by atoms with Crippen LogP contribution in [0.2, 0.25) is 10.0 Å². The molecule has 0 aromatic carbocycles. The molecule has 7 heteroatoms. The molecule has 2 rings (SSSR count). The maximum atomic E-state index is 13.5. The van der Waals surface area contributed by atoms with Gasteiger partial charge in [0.1, 0.15) is 11.4 Å². The summed E-state index contributed by atoms with van der Waals surface area (Å²) < 4.78 is 26.9. The van der Waals surface area contributed by atoms with Gasteiger partial charge in [0.15, 0.2) is 11.6 Å². The van der Waals surface area contributed by atoms with Gasteiger partial charge >= 0.3 is 0 Å². The number of carbonyl (C=O) groups excluding carboxylic acids is 1. The molecule has 2 heterocycles. The van der Waals surface area contributed by atoms with Crippen LogP contribution in [0.5, 0.6) is 0 Å². The molecule has 92 valence electrons. The predicted octanol–water partition coefficient (Wildman–Crippen LogP) is 3.29. The number of hydrogen-bond acceptors (Lipinski definition) is 3. The van der Waals surface area contributed by atoms with E-state index in [1.807, 2.05) is 0 Å². The minimum Gasteiger partial charge on any atom is -0.285 e. The standard InChI is InChI=1S/C11H4Cl2F2N2O/c12-5-1-7(14)9(16-3-5)11(18)10-8(15)2-6(13)4-17-10/h1-4H. The molecular formula is C11H4Cl2F2N2O. The first-order valence-electron chi connectivity index (χ1n) is 4.66. The predicted molar refractivity (Wildman–Crippen MR) is 61.8 cm³/mol. The van der Waals surface area contributed by atoms with Gasteiger partial charge in [0.2, 0.25) is 5.78 Å². The van der Waals surface area contributed by atoms with E-state index in [1.54, 1.807) is 0 Å². The van der Waals surface area contributed by atoms with E-state index in [2.05, 4.69) is 9.97 Å². The van der Waals surface area contributed by atoms with Gasteiger partial charge in [-0.05, 0) is 12.1 Å². The summed E-state index contributed by atoms with van der Waals surface area (Å²) in [5.74, 6) is -2.86. The number of nitrogens with zero attached hydrogens (tertiary/aromatic N) is 2. The zero-order valence-electron chi connectivity index (χ0n) is 8.62. The Bertz CT molecular complexity index is 581. The minimum atomic E-state index is -0.974. The normalized spacial score (nSPS) is 10.4. The van der Waals surface area contributed by atoms with Crippen molar-refractivity contribution in [1.29, 1.82) is 0 Å². The number of halogens is 4. The zero-order chi connectivity index (χ0) is 13.3. The van der Waals surface area contributed by atoms with E-state index >= 15 is 0 Å². The van der Waals surface area contributed by atoms with Crippen LogP contribution >= 0.6 is 23.2 Å². The highest BCUT2D eigenvalue weighted by Crippen LogP contribution is 2.17. The van der Waals surface area contributed by atoms with Crippen LogP contribution in [0.15, 0.2) is 24.5 Å². The van der Waals surface area contributed by atoms with E-state index in [9.17, 15) is 13.6 Å². The minimum absolute atomic E-state index is 0.0357. The van der Waals surface area contributed by atoms with E-state index in [0.29, 0.717) is 0 Å². The molecule has 0 aliphatic carbocycles. The van der Waals surface area contributed by atoms with Crippen LogP contribution in [0.25, 0.3) is 0 Å². The van der Waals surface area contributed by atoms with Gasteiger partial charge in [-0.3, -0.25) is 4.79 Å². The van der Waals surface area contributed by atoms with Gasteiger partial charge in [-0.1, -0.05) is 23.2 Å². The van der Waals surface area contributed by atoms with Crippen molar-refractivity contribution in [3.05, 3.63) is 57.6 Å². The fourth-order valence-corrected chi connectivity index (χ4v) is 1.56. The fourth-order valence-electron chi connectivity index (χ4n) is 1.28. The summed E-state index contributed by atoms with van der Waals surface area (Å²) in [6.45, 7) is 0. The van der Waals surface area contributed by atoms with Crippen molar-refractivity contribution in [2.75, 3.05) is 0 Å². The molecule has 0 unspecified atom stereocenters. The lowest BCUT2D eigenvalue weighted by atomic mass is 10.1. The molecule has 0 spiro atoms. The molecular weight excluding hydrogens is 285 g/mol. The SMILES string of the molecule is O=C(c1ncc(Cl)cc1F)c1ncc(Cl)cc1F. The van der Waals surface area contributed by atoms with Gasteiger partial charge < -0.3 is 0 Å². The zero-order valence-corrected chi connectivity index (χ0v) is 10.1. The first-order chi connectivity index (χ1) is 8.49. The maximum absolute atomic E-state index is 13.5. The summed E-state index contributed by atoms with van der Waals surface area (Å²) in [4.78, 5) is 18.9. The lowest BCUT2D eigenvalue weighted by Crippen LogP contribution is -2.11. The van der Waals surface area contributed by atoms with Gasteiger partial charge in [-0.25, -0.2) is 18.7 Å². The molecule has 0 aliphatic heterocycles. The summed E-state index contributed by atoms with van der Waals surface area (Å²) in [5.41, 5.74) is -1.10. The third-order valence-electron chi connectivity index (χ3n) is 2.05. The second kappa shape index (κ2) is 4.96. The van der Waals surface area contributed by atoms with Gasteiger partial charge in [0.05, 0.1) is 10.0 Å². The fraction of sp³-hybridized carbons (Fsp3) is 0. The van der Waals surface area contributed by atoms with Crippen LogP contribution in [0.3, 0.4) is 0 Å². The van der Waals surface area contributed by atoms with Crippen molar-refractivity contribution < 1.29 is 13.6 Å². The van der Waals surface area contributed by atoms with Crippen molar-refractivity contribution in [2.45, 2.75) is 0 Å². The average molecular weight is 289 g/mol. The smallest absolute Gasteiger partial charge is 0.235 e. The van der Waals surface area contributed by atoms with Crippen LogP contribution in [0.1, 0.15) is 16.2 Å². The van der Waals surface area contributed by atoms with Crippen molar-refractivity contribution in [1.82, 2.24) is 9.97 Å². The highest BCUT2D eigenvalue weighted by molar-refractivity contribution is 6.31. The third-order valence-corrected chi connectivity index (χ3v) is 2.46. The van der Waals surface area contributed by atoms with Crippen molar-refractivity contribution >= 4 is 29.0 Å². The molecule has 0 aliphatic rings. The molecule has 0 atom stereocenters. The van der Waals surface area contributed by atoms with Crippen LogP contribution in [-0.4, -0.2) is 15.8 Å². The number of rotatable bonds is 2. The Morgan fingerprint density at radius 3 is 1.67 bits per heavy atom. The number of aromatic nitrogens is 2. The van der Waals surface area contributed by atoms with Crippen LogP contribution < -0.4 is 0 Å². The summed E-state index contributed by atoms with van der Waals surface area (Å²) in [5, 5.41) is 0.0715. The third kappa shape index (κ3) is 2.47. The summed E-state index contributed by atoms with van der Waals surface area (Å²) in [6, 6.07) is 1.82. The van der Waals surface area contributed by atoms with Gasteiger partial charge in [0, 0.05) is 12.4 Å². The Morgan fingerprint density at radius 1 is 0.944 bits per heavy atom. The van der Waals surface area contributed by atoms with E-state index < -0.39 is 28.8 Å². The Balaban J connectivity index is 2.48. The highest BCUT2D eigenvalue weighted by Gasteiger charge is 2.21. The van der Waals surface area contributed by atoms with Crippen LogP contribution in [0, 0.1) is 11.6 Å². The molecule has 0 N–H and O–H groups in total. The average Bonchev–Trinajstić information content (AvgIpc) is 2.28. The van der Waals surface area contributed by atoms with Crippen LogP contribution in [-0.2, 0) is 0 Å². The van der Waals surface area contributed by atoms with Gasteiger partial charge in [0.25, 0.3) is 0 Å². The lowest BCUT2D eigenvalue weighted by Gasteiger charge is -2.03. The monoisotopic (exact) mass is 288 g/mol. The molecule has 18 heavy (non-hydrogen) atoms. The first-order valence-corrected chi connectivity index (χ1v) is 5.41. The molecule has 0 saturated carbocycles. The molecule has 2 aromatic rings. The van der Waals surface area contributed by atoms with E-state index in [0.717, 1.165) is 24.5 Å². The number of carbonyl (C=O) groups is 1. The van der Waals surface area contributed by atoms with E-state index in [1.165, 1.54) is 0 Å². The summed E-state index contributed by atoms with van der Waals surface area (Å²) in [6.07, 6.45) is 2.18. The Hall–Kier alpha value is -1.59. The molecule has 0 radical (unpaired) electrons. The molecule has 2 aromatic heterocycles. The number of ketones is 1. The Morgan fingerprint density at radius 2 is 1.33 bits per heavy atom. The second-order valence-corrected chi connectivity index (χ2v) is 4.17. The van der Waals surface area contributed by atoms with Crippen molar-refractivity contribution in [2.24, 2.45) is 0 Å². The van der Waals surface area contributed by atoms with Gasteiger partial charge in [-0.15, -0.1) is 0 Å². The largest absolute Gasteiger partial charge is 0.285 e.